The summed E-state index contributed by atoms with van der Waals surface area (Å²) in [6, 6.07) is 0. The Morgan fingerprint density at radius 1 is 1.22 bits per heavy atom. The van der Waals surface area contributed by atoms with Gasteiger partial charge in [-0.3, -0.25) is 4.79 Å². The number of hydrogen-bond donors (Lipinski definition) is 0. The molecule has 0 atom stereocenters. The van der Waals surface area contributed by atoms with Crippen molar-refractivity contribution in [2.75, 3.05) is 6.61 Å². The van der Waals surface area contributed by atoms with Crippen LogP contribution in [0.5, 0.6) is 0 Å². The van der Waals surface area contributed by atoms with Gasteiger partial charge in [-0.2, -0.15) is 26.3 Å². The van der Waals surface area contributed by atoms with Crippen LogP contribution in [0, 0.1) is 17.8 Å². The van der Waals surface area contributed by atoms with Gasteiger partial charge < -0.3 is 4.74 Å². The molecule has 18 heavy (non-hydrogen) atoms. The number of carbonyl (C=O) groups excluding carboxylic acids is 1. The van der Waals surface area contributed by atoms with Crippen LogP contribution in [0.4, 0.5) is 26.3 Å². The fraction of sp³-hybridized carbons (Fsp3) is 0.400. The Hall–Kier alpha value is -1.87. The summed E-state index contributed by atoms with van der Waals surface area (Å²) in [5, 5.41) is 0. The van der Waals surface area contributed by atoms with E-state index in [1.807, 2.05) is 0 Å². The Bertz CT molecular complexity index is 392. The monoisotopic (exact) mass is 272 g/mol. The summed E-state index contributed by atoms with van der Waals surface area (Å²) < 4.78 is 79.1. The third kappa shape index (κ3) is 2.68. The maximum absolute atomic E-state index is 12.6. The normalized spacial score (nSPS) is 12.3. The Labute approximate surface area is 97.9 Å². The second-order valence-corrected chi connectivity index (χ2v) is 2.93. The fourth-order valence-electron chi connectivity index (χ4n) is 0.989. The summed E-state index contributed by atoms with van der Waals surface area (Å²) in [5.74, 6) is -0.985. The SMILES string of the molecule is C#CCOC(=O)C(C=C=C)(C(F)(F)F)C(F)(F)F. The van der Waals surface area contributed by atoms with E-state index in [-0.39, 0.29) is 0 Å². The number of alkyl halides is 6. The molecule has 0 heterocycles. The van der Waals surface area contributed by atoms with Crippen molar-refractivity contribution in [2.24, 2.45) is 5.41 Å². The van der Waals surface area contributed by atoms with Crippen LogP contribution in [0.1, 0.15) is 0 Å². The van der Waals surface area contributed by atoms with E-state index >= 15 is 0 Å². The molecule has 0 aliphatic carbocycles. The molecule has 2 nitrogen and oxygen atoms in total. The smallest absolute Gasteiger partial charge is 0.417 e. The molecule has 0 rings (SSSR count). The highest BCUT2D eigenvalue weighted by Crippen LogP contribution is 2.52. The van der Waals surface area contributed by atoms with Gasteiger partial charge in [0.2, 0.25) is 0 Å². The first-order valence-electron chi connectivity index (χ1n) is 4.15. The van der Waals surface area contributed by atoms with E-state index in [4.69, 9.17) is 0 Å². The predicted molar refractivity (Wildman–Crippen MR) is 48.0 cm³/mol. The lowest BCUT2D eigenvalue weighted by molar-refractivity contribution is -0.314. The van der Waals surface area contributed by atoms with Gasteiger partial charge in [0.15, 0.2) is 6.61 Å². The first-order valence-corrected chi connectivity index (χ1v) is 4.15. The molecule has 0 amide bonds. The standard InChI is InChI=1S/C10H6F6O2/c1-3-5-8(9(11,12)13,10(14,15)16)7(17)18-6-4-2/h2,5H,1,6H2. The molecular formula is C10H6F6O2. The maximum Gasteiger partial charge on any atom is 0.417 e. The van der Waals surface area contributed by atoms with Crippen LogP contribution in [0.2, 0.25) is 0 Å². The predicted octanol–water partition coefficient (Wildman–Crippen LogP) is 2.61. The van der Waals surface area contributed by atoms with Crippen molar-refractivity contribution in [3.05, 3.63) is 18.4 Å². The Balaban J connectivity index is 5.89. The maximum atomic E-state index is 12.6. The lowest BCUT2D eigenvalue weighted by Gasteiger charge is -2.31. The largest absolute Gasteiger partial charge is 0.451 e. The molecule has 0 N–H and O–H groups in total. The third-order valence-corrected chi connectivity index (χ3v) is 1.82. The van der Waals surface area contributed by atoms with Crippen LogP contribution < -0.4 is 0 Å². The molecule has 0 spiro atoms. The van der Waals surface area contributed by atoms with Crippen molar-refractivity contribution in [3.8, 4) is 12.3 Å². The summed E-state index contributed by atoms with van der Waals surface area (Å²) in [7, 11) is 0. The van der Waals surface area contributed by atoms with Gasteiger partial charge in [0.05, 0.1) is 0 Å². The van der Waals surface area contributed by atoms with Crippen LogP contribution in [0.25, 0.3) is 0 Å². The minimum absolute atomic E-state index is 0.536. The number of hydrogen-bond acceptors (Lipinski definition) is 2. The van der Waals surface area contributed by atoms with Crippen LogP contribution in [-0.4, -0.2) is 24.9 Å². The van der Waals surface area contributed by atoms with Gasteiger partial charge in [-0.05, 0) is 6.08 Å². The molecule has 0 aromatic heterocycles. The number of ether oxygens (including phenoxy) is 1. The number of halogens is 6. The van der Waals surface area contributed by atoms with E-state index in [0.717, 1.165) is 0 Å². The minimum atomic E-state index is -5.96. The summed E-state index contributed by atoms with van der Waals surface area (Å²) in [6.07, 6.45) is -7.87. The van der Waals surface area contributed by atoms with Gasteiger partial charge in [0, 0.05) is 0 Å². The molecule has 0 saturated heterocycles. The molecular weight excluding hydrogens is 266 g/mol. The van der Waals surface area contributed by atoms with Crippen LogP contribution >= 0.6 is 0 Å². The minimum Gasteiger partial charge on any atom is -0.451 e. The van der Waals surface area contributed by atoms with E-state index in [1.54, 1.807) is 5.92 Å². The van der Waals surface area contributed by atoms with Crippen LogP contribution in [0.3, 0.4) is 0 Å². The average molecular weight is 272 g/mol. The lowest BCUT2D eigenvalue weighted by atomic mass is 9.86. The molecule has 100 valence electrons. The molecule has 0 unspecified atom stereocenters. The van der Waals surface area contributed by atoms with Gasteiger partial charge in [-0.25, -0.2) is 0 Å². The third-order valence-electron chi connectivity index (χ3n) is 1.82. The first kappa shape index (κ1) is 16.1. The average Bonchev–Trinajstić information content (AvgIpc) is 2.18. The Morgan fingerprint density at radius 3 is 1.94 bits per heavy atom. The molecule has 0 saturated carbocycles. The molecule has 8 heteroatoms. The van der Waals surface area contributed by atoms with E-state index in [1.165, 1.54) is 5.73 Å². The molecule has 0 radical (unpaired) electrons. The number of carbonyl (C=O) groups is 1. The second-order valence-electron chi connectivity index (χ2n) is 2.93. The van der Waals surface area contributed by atoms with Crippen molar-refractivity contribution in [1.82, 2.24) is 0 Å². The highest BCUT2D eigenvalue weighted by atomic mass is 19.4. The number of rotatable bonds is 3. The fourth-order valence-corrected chi connectivity index (χ4v) is 0.989. The number of terminal acetylenes is 1. The molecule has 0 fully saturated rings. The zero-order chi connectivity index (χ0) is 14.6. The van der Waals surface area contributed by atoms with Crippen LogP contribution in [-0.2, 0) is 9.53 Å². The molecule has 0 aliphatic heterocycles. The van der Waals surface area contributed by atoms with Gasteiger partial charge in [-0.15, -0.1) is 12.2 Å². The lowest BCUT2D eigenvalue weighted by Crippen LogP contribution is -2.55. The quantitative estimate of drug-likeness (QED) is 0.341. The second kappa shape index (κ2) is 5.19. The number of esters is 1. The molecule has 0 bridgehead atoms. The van der Waals surface area contributed by atoms with Gasteiger partial charge in [0.25, 0.3) is 5.41 Å². The molecule has 0 aromatic carbocycles. The van der Waals surface area contributed by atoms with Crippen LogP contribution in [0.15, 0.2) is 18.4 Å². The topological polar surface area (TPSA) is 26.3 Å². The zero-order valence-electron chi connectivity index (χ0n) is 8.65. The first-order chi connectivity index (χ1) is 8.04. The Morgan fingerprint density at radius 2 is 1.67 bits per heavy atom. The van der Waals surface area contributed by atoms with E-state index in [2.05, 4.69) is 17.7 Å². The van der Waals surface area contributed by atoms with E-state index < -0.39 is 36.4 Å². The highest BCUT2D eigenvalue weighted by Gasteiger charge is 2.75. The van der Waals surface area contributed by atoms with E-state index in [9.17, 15) is 31.1 Å². The van der Waals surface area contributed by atoms with Crippen molar-refractivity contribution in [2.45, 2.75) is 12.4 Å². The van der Waals surface area contributed by atoms with Gasteiger partial charge >= 0.3 is 18.3 Å². The van der Waals surface area contributed by atoms with Crippen molar-refractivity contribution < 1.29 is 35.9 Å². The zero-order valence-corrected chi connectivity index (χ0v) is 8.65. The van der Waals surface area contributed by atoms with Gasteiger partial charge in [0.1, 0.15) is 0 Å². The highest BCUT2D eigenvalue weighted by molar-refractivity contribution is 5.81. The van der Waals surface area contributed by atoms with E-state index in [0.29, 0.717) is 0 Å². The van der Waals surface area contributed by atoms with Crippen molar-refractivity contribution in [3.63, 3.8) is 0 Å². The summed E-state index contributed by atoms with van der Waals surface area (Å²) in [6.45, 7) is 1.59. The Kier molecular flexibility index (Phi) is 4.65. The molecule has 0 aromatic rings. The van der Waals surface area contributed by atoms with Crippen molar-refractivity contribution >= 4 is 5.97 Å². The molecule has 0 aliphatic rings. The summed E-state index contributed by atoms with van der Waals surface area (Å²) in [5.41, 5.74) is -3.51. The summed E-state index contributed by atoms with van der Waals surface area (Å²) >= 11 is 0. The van der Waals surface area contributed by atoms with Crippen molar-refractivity contribution in [1.29, 1.82) is 0 Å². The summed E-state index contributed by atoms with van der Waals surface area (Å²) in [4.78, 5) is 11.1. The van der Waals surface area contributed by atoms with Gasteiger partial charge in [-0.1, -0.05) is 12.5 Å².